The van der Waals surface area contributed by atoms with Gasteiger partial charge in [0.15, 0.2) is 15.4 Å². The van der Waals surface area contributed by atoms with Crippen molar-refractivity contribution >= 4 is 55.9 Å². The largest absolute Gasteiger partial charge is 0.431 e. The Morgan fingerprint density at radius 1 is 1.24 bits per heavy atom. The first-order valence-corrected chi connectivity index (χ1v) is 10.4. The van der Waals surface area contributed by atoms with Crippen LogP contribution in [0.4, 0.5) is 5.69 Å². The second kappa shape index (κ2) is 7.07. The number of hydrogen-bond donors (Lipinski definition) is 1. The molecule has 2 aromatic carbocycles. The van der Waals surface area contributed by atoms with Crippen LogP contribution in [-0.4, -0.2) is 31.3 Å². The summed E-state index contributed by atoms with van der Waals surface area (Å²) in [7, 11) is -3.26. The standard InChI is InChI=1S/C16H13ClN2O4S2/c1-25(21,22)12-5-3-11(4-6-12)18-15(20)9-24-16-19-13-8-10(17)2-7-14(13)23-16/h2-8H,9H2,1H3,(H,18,20). The van der Waals surface area contributed by atoms with Crippen LogP contribution in [0.1, 0.15) is 0 Å². The van der Waals surface area contributed by atoms with E-state index in [4.69, 9.17) is 16.0 Å². The van der Waals surface area contributed by atoms with Gasteiger partial charge in [0.1, 0.15) is 5.52 Å². The molecule has 6 nitrogen and oxygen atoms in total. The smallest absolute Gasteiger partial charge is 0.257 e. The van der Waals surface area contributed by atoms with Crippen molar-refractivity contribution in [1.29, 1.82) is 0 Å². The Kier molecular flexibility index (Phi) is 5.03. The summed E-state index contributed by atoms with van der Waals surface area (Å²) in [5.74, 6) is -0.147. The fourth-order valence-corrected chi connectivity index (χ4v) is 3.49. The van der Waals surface area contributed by atoms with Crippen LogP contribution < -0.4 is 5.32 Å². The van der Waals surface area contributed by atoms with E-state index in [1.54, 1.807) is 30.3 Å². The van der Waals surface area contributed by atoms with Crippen molar-refractivity contribution in [3.05, 3.63) is 47.5 Å². The van der Waals surface area contributed by atoms with Gasteiger partial charge in [0.05, 0.1) is 10.6 Å². The second-order valence-electron chi connectivity index (χ2n) is 5.23. The van der Waals surface area contributed by atoms with Gasteiger partial charge in [0.25, 0.3) is 5.22 Å². The van der Waals surface area contributed by atoms with Crippen molar-refractivity contribution in [3.8, 4) is 0 Å². The predicted octanol–water partition coefficient (Wildman–Crippen LogP) is 3.62. The molecular weight excluding hydrogens is 384 g/mol. The average molecular weight is 397 g/mol. The number of carbonyl (C=O) groups is 1. The summed E-state index contributed by atoms with van der Waals surface area (Å²) >= 11 is 7.05. The Bertz CT molecular complexity index is 1030. The molecule has 0 saturated carbocycles. The SMILES string of the molecule is CS(=O)(=O)c1ccc(NC(=O)CSc2nc3cc(Cl)ccc3o2)cc1. The first-order valence-electron chi connectivity index (χ1n) is 7.10. The molecule has 1 aromatic heterocycles. The number of rotatable bonds is 5. The molecule has 0 aliphatic carbocycles. The monoisotopic (exact) mass is 396 g/mol. The Hall–Kier alpha value is -2.03. The van der Waals surface area contributed by atoms with Crippen molar-refractivity contribution < 1.29 is 17.6 Å². The van der Waals surface area contributed by atoms with Crippen LogP contribution in [0.3, 0.4) is 0 Å². The topological polar surface area (TPSA) is 89.3 Å². The van der Waals surface area contributed by atoms with E-state index < -0.39 is 9.84 Å². The Labute approximate surface area is 153 Å². The quantitative estimate of drug-likeness (QED) is 0.662. The lowest BCUT2D eigenvalue weighted by Gasteiger charge is -2.05. The van der Waals surface area contributed by atoms with Gasteiger partial charge in [-0.2, -0.15) is 0 Å². The highest BCUT2D eigenvalue weighted by Crippen LogP contribution is 2.25. The number of thioether (sulfide) groups is 1. The average Bonchev–Trinajstić information content (AvgIpc) is 2.94. The minimum Gasteiger partial charge on any atom is -0.431 e. The number of sulfone groups is 1. The van der Waals surface area contributed by atoms with Gasteiger partial charge in [-0.3, -0.25) is 4.79 Å². The van der Waals surface area contributed by atoms with E-state index in [1.165, 1.54) is 12.1 Å². The van der Waals surface area contributed by atoms with E-state index in [1.807, 2.05) is 0 Å². The summed E-state index contributed by atoms with van der Waals surface area (Å²) in [6.07, 6.45) is 1.13. The zero-order valence-corrected chi connectivity index (χ0v) is 15.4. The Morgan fingerprint density at radius 3 is 2.64 bits per heavy atom. The molecule has 25 heavy (non-hydrogen) atoms. The summed E-state index contributed by atoms with van der Waals surface area (Å²) in [5.41, 5.74) is 1.75. The molecule has 0 aliphatic heterocycles. The maximum absolute atomic E-state index is 12.0. The van der Waals surface area contributed by atoms with E-state index in [-0.39, 0.29) is 16.6 Å². The number of amides is 1. The second-order valence-corrected chi connectivity index (χ2v) is 8.60. The number of nitrogens with one attached hydrogen (secondary N) is 1. The van der Waals surface area contributed by atoms with Gasteiger partial charge >= 0.3 is 0 Å². The van der Waals surface area contributed by atoms with E-state index in [2.05, 4.69) is 10.3 Å². The predicted molar refractivity (Wildman–Crippen MR) is 97.9 cm³/mol. The summed E-state index contributed by atoms with van der Waals surface area (Å²) < 4.78 is 28.3. The zero-order valence-electron chi connectivity index (χ0n) is 13.0. The van der Waals surface area contributed by atoms with Crippen molar-refractivity contribution in [2.75, 3.05) is 17.3 Å². The summed E-state index contributed by atoms with van der Waals surface area (Å²) in [5, 5.41) is 3.63. The number of carbonyl (C=O) groups excluding carboxylic acids is 1. The third kappa shape index (κ3) is 4.53. The van der Waals surface area contributed by atoms with E-state index >= 15 is 0 Å². The molecule has 3 aromatic rings. The lowest BCUT2D eigenvalue weighted by Crippen LogP contribution is -2.14. The van der Waals surface area contributed by atoms with Crippen molar-refractivity contribution in [2.45, 2.75) is 10.1 Å². The molecule has 0 spiro atoms. The molecule has 0 radical (unpaired) electrons. The number of benzene rings is 2. The molecule has 1 heterocycles. The minimum absolute atomic E-state index is 0.106. The molecule has 0 bridgehead atoms. The van der Waals surface area contributed by atoms with Crippen molar-refractivity contribution in [2.24, 2.45) is 0 Å². The molecule has 9 heteroatoms. The lowest BCUT2D eigenvalue weighted by molar-refractivity contribution is -0.113. The molecule has 0 aliphatic rings. The maximum Gasteiger partial charge on any atom is 0.257 e. The van der Waals surface area contributed by atoms with Gasteiger partial charge in [0.2, 0.25) is 5.91 Å². The molecule has 0 fully saturated rings. The molecular formula is C16H13ClN2O4S2. The summed E-state index contributed by atoms with van der Waals surface area (Å²) in [6, 6.07) is 11.1. The lowest BCUT2D eigenvalue weighted by atomic mass is 10.3. The normalized spacial score (nSPS) is 11.6. The maximum atomic E-state index is 12.0. The van der Waals surface area contributed by atoms with Crippen LogP contribution in [0.25, 0.3) is 11.1 Å². The Balaban J connectivity index is 1.60. The molecule has 1 N–H and O–H groups in total. The molecule has 0 saturated heterocycles. The summed E-state index contributed by atoms with van der Waals surface area (Å²) in [6.45, 7) is 0. The van der Waals surface area contributed by atoms with Crippen LogP contribution in [0.15, 0.2) is 57.0 Å². The molecule has 3 rings (SSSR count). The van der Waals surface area contributed by atoms with Gasteiger partial charge in [-0.05, 0) is 42.5 Å². The molecule has 130 valence electrons. The first-order chi connectivity index (χ1) is 11.8. The number of aromatic nitrogens is 1. The highest BCUT2D eigenvalue weighted by Gasteiger charge is 2.11. The van der Waals surface area contributed by atoms with Gasteiger partial charge in [-0.15, -0.1) is 0 Å². The van der Waals surface area contributed by atoms with E-state index in [0.29, 0.717) is 27.0 Å². The van der Waals surface area contributed by atoms with Crippen LogP contribution in [-0.2, 0) is 14.6 Å². The van der Waals surface area contributed by atoms with Crippen LogP contribution >= 0.6 is 23.4 Å². The summed E-state index contributed by atoms with van der Waals surface area (Å²) in [4.78, 5) is 16.5. The zero-order chi connectivity index (χ0) is 18.0. The van der Waals surface area contributed by atoms with Crippen molar-refractivity contribution in [1.82, 2.24) is 4.98 Å². The van der Waals surface area contributed by atoms with Crippen LogP contribution in [0.2, 0.25) is 5.02 Å². The van der Waals surface area contributed by atoms with Crippen molar-refractivity contribution in [3.63, 3.8) is 0 Å². The van der Waals surface area contributed by atoms with Crippen LogP contribution in [0.5, 0.6) is 0 Å². The van der Waals surface area contributed by atoms with E-state index in [9.17, 15) is 13.2 Å². The molecule has 0 atom stereocenters. The number of halogens is 1. The molecule has 1 amide bonds. The third-order valence-corrected chi connectivity index (χ3v) is 5.41. The number of anilines is 1. The first kappa shape index (κ1) is 17.8. The van der Waals surface area contributed by atoms with Gasteiger partial charge in [0, 0.05) is 17.0 Å². The highest BCUT2D eigenvalue weighted by atomic mass is 35.5. The number of oxazole rings is 1. The Morgan fingerprint density at radius 2 is 1.96 bits per heavy atom. The minimum atomic E-state index is -3.26. The van der Waals surface area contributed by atoms with Gasteiger partial charge in [-0.25, -0.2) is 13.4 Å². The van der Waals surface area contributed by atoms with Gasteiger partial charge < -0.3 is 9.73 Å². The van der Waals surface area contributed by atoms with Gasteiger partial charge in [-0.1, -0.05) is 23.4 Å². The fourth-order valence-electron chi connectivity index (χ4n) is 2.05. The fraction of sp³-hybridized carbons (Fsp3) is 0.125. The number of fused-ring (bicyclic) bond motifs is 1. The molecule has 0 unspecified atom stereocenters. The van der Waals surface area contributed by atoms with Crippen LogP contribution in [0, 0.1) is 0 Å². The number of hydrogen-bond acceptors (Lipinski definition) is 6. The highest BCUT2D eigenvalue weighted by molar-refractivity contribution is 7.99. The third-order valence-electron chi connectivity index (χ3n) is 3.22. The van der Waals surface area contributed by atoms with E-state index in [0.717, 1.165) is 18.0 Å². The number of nitrogens with zero attached hydrogens (tertiary/aromatic N) is 1.